The van der Waals surface area contributed by atoms with Crippen LogP contribution in [0.25, 0.3) is 0 Å². The first-order valence-electron chi connectivity index (χ1n) is 5.91. The van der Waals surface area contributed by atoms with Crippen molar-refractivity contribution in [3.05, 3.63) is 47.5 Å². The van der Waals surface area contributed by atoms with Crippen LogP contribution in [0.4, 0.5) is 5.82 Å². The number of aromatic nitrogens is 1. The van der Waals surface area contributed by atoms with E-state index in [0.29, 0.717) is 17.3 Å². The maximum Gasteiger partial charge on any atom is 0.270 e. The number of nitrogen functional groups attached to an aromatic ring is 1. The first-order chi connectivity index (χ1) is 9.10. The minimum absolute atomic E-state index is 0.225. The second-order valence-corrected chi connectivity index (χ2v) is 4.20. The summed E-state index contributed by atoms with van der Waals surface area (Å²) in [6.07, 6.45) is 0. The Labute approximate surface area is 111 Å². The summed E-state index contributed by atoms with van der Waals surface area (Å²) in [7, 11) is 0. The Morgan fingerprint density at radius 1 is 1.37 bits per heavy atom. The van der Waals surface area contributed by atoms with Crippen LogP contribution in [0.2, 0.25) is 0 Å². The fourth-order valence-corrected chi connectivity index (χ4v) is 1.67. The van der Waals surface area contributed by atoms with Gasteiger partial charge in [0.2, 0.25) is 0 Å². The van der Waals surface area contributed by atoms with Gasteiger partial charge in [-0.15, -0.1) is 0 Å². The molecule has 0 aliphatic carbocycles. The van der Waals surface area contributed by atoms with Gasteiger partial charge in [-0.1, -0.05) is 6.07 Å². The molecule has 2 rings (SSSR count). The van der Waals surface area contributed by atoms with Crippen LogP contribution in [-0.2, 0) is 0 Å². The van der Waals surface area contributed by atoms with Crippen LogP contribution in [0.3, 0.4) is 0 Å². The molecule has 0 aliphatic rings. The molecule has 2 aromatic heterocycles. The second-order valence-electron chi connectivity index (χ2n) is 4.20. The number of nitrogens with one attached hydrogen (secondary N) is 2. The third-order valence-corrected chi connectivity index (χ3v) is 2.67. The zero-order valence-corrected chi connectivity index (χ0v) is 10.8. The summed E-state index contributed by atoms with van der Waals surface area (Å²) in [5.74, 6) is 6.93. The molecule has 100 valence electrons. The van der Waals surface area contributed by atoms with Crippen molar-refractivity contribution in [2.45, 2.75) is 19.9 Å². The predicted molar refractivity (Wildman–Crippen MR) is 71.4 cm³/mol. The number of hydrogen-bond acceptors (Lipinski definition) is 5. The van der Waals surface area contributed by atoms with E-state index < -0.39 is 0 Å². The maximum absolute atomic E-state index is 12.0. The Hall–Kier alpha value is -2.34. The molecule has 0 aromatic carbocycles. The molecule has 4 N–H and O–H groups in total. The zero-order chi connectivity index (χ0) is 13.8. The van der Waals surface area contributed by atoms with Gasteiger partial charge in [-0.05, 0) is 38.1 Å². The fraction of sp³-hybridized carbons (Fsp3) is 0.231. The summed E-state index contributed by atoms with van der Waals surface area (Å²) >= 11 is 0. The number of carbonyl (C=O) groups is 1. The summed E-state index contributed by atoms with van der Waals surface area (Å²) in [6.45, 7) is 3.71. The molecule has 0 aliphatic heterocycles. The Morgan fingerprint density at radius 2 is 2.16 bits per heavy atom. The van der Waals surface area contributed by atoms with Gasteiger partial charge in [0.05, 0.1) is 6.04 Å². The third-order valence-electron chi connectivity index (χ3n) is 2.67. The second kappa shape index (κ2) is 5.53. The highest BCUT2D eigenvalue weighted by molar-refractivity contribution is 5.92. The SMILES string of the molecule is Cc1ccc(C(C)NC(=O)c2cccc(NN)n2)o1. The van der Waals surface area contributed by atoms with Crippen molar-refractivity contribution in [3.63, 3.8) is 0 Å². The Morgan fingerprint density at radius 3 is 2.79 bits per heavy atom. The maximum atomic E-state index is 12.0. The minimum Gasteiger partial charge on any atom is -0.464 e. The van der Waals surface area contributed by atoms with Gasteiger partial charge in [0.1, 0.15) is 23.0 Å². The molecule has 1 unspecified atom stereocenters. The lowest BCUT2D eigenvalue weighted by molar-refractivity contribution is 0.0930. The first kappa shape index (κ1) is 13.1. The van der Waals surface area contributed by atoms with E-state index in [1.807, 2.05) is 26.0 Å². The molecule has 0 fully saturated rings. The molecule has 2 aromatic rings. The molecule has 0 bridgehead atoms. The normalized spacial score (nSPS) is 11.9. The van der Waals surface area contributed by atoms with E-state index in [0.717, 1.165) is 5.76 Å². The van der Waals surface area contributed by atoms with Crippen LogP contribution in [0.15, 0.2) is 34.7 Å². The number of rotatable bonds is 4. The Bertz CT molecular complexity index is 580. The average molecular weight is 260 g/mol. The molecule has 0 spiro atoms. The number of amides is 1. The van der Waals surface area contributed by atoms with E-state index in [1.54, 1.807) is 18.2 Å². The van der Waals surface area contributed by atoms with Gasteiger partial charge >= 0.3 is 0 Å². The summed E-state index contributed by atoms with van der Waals surface area (Å²) in [4.78, 5) is 16.1. The highest BCUT2D eigenvalue weighted by Crippen LogP contribution is 2.16. The highest BCUT2D eigenvalue weighted by atomic mass is 16.3. The average Bonchev–Trinajstić information content (AvgIpc) is 2.85. The van der Waals surface area contributed by atoms with Crippen LogP contribution in [0, 0.1) is 6.92 Å². The van der Waals surface area contributed by atoms with Crippen molar-refractivity contribution >= 4 is 11.7 Å². The number of nitrogens with zero attached hydrogens (tertiary/aromatic N) is 1. The molecule has 1 atom stereocenters. The number of pyridine rings is 1. The minimum atomic E-state index is -0.279. The van der Waals surface area contributed by atoms with Gasteiger partial charge in [-0.2, -0.15) is 0 Å². The van der Waals surface area contributed by atoms with Crippen LogP contribution in [0.1, 0.15) is 35.0 Å². The van der Waals surface area contributed by atoms with Crippen molar-refractivity contribution in [1.82, 2.24) is 10.3 Å². The number of furan rings is 1. The number of carbonyl (C=O) groups excluding carboxylic acids is 1. The highest BCUT2D eigenvalue weighted by Gasteiger charge is 2.15. The molecular weight excluding hydrogens is 244 g/mol. The number of aryl methyl sites for hydroxylation is 1. The summed E-state index contributed by atoms with van der Waals surface area (Å²) in [5, 5.41) is 2.81. The van der Waals surface area contributed by atoms with Crippen molar-refractivity contribution in [2.24, 2.45) is 5.84 Å². The monoisotopic (exact) mass is 260 g/mol. The van der Waals surface area contributed by atoms with E-state index in [4.69, 9.17) is 10.3 Å². The van der Waals surface area contributed by atoms with Gasteiger partial charge in [0, 0.05) is 0 Å². The standard InChI is InChI=1S/C13H16N4O2/c1-8-6-7-11(19-8)9(2)15-13(18)10-4-3-5-12(16-10)17-14/h3-7,9H,14H2,1-2H3,(H,15,18)(H,16,17). The van der Waals surface area contributed by atoms with Crippen molar-refractivity contribution < 1.29 is 9.21 Å². The van der Waals surface area contributed by atoms with Crippen LogP contribution in [-0.4, -0.2) is 10.9 Å². The number of nitrogens with two attached hydrogens (primary N) is 1. The van der Waals surface area contributed by atoms with E-state index in [2.05, 4.69) is 15.7 Å². The number of anilines is 1. The third kappa shape index (κ3) is 3.11. The van der Waals surface area contributed by atoms with E-state index in [1.165, 1.54) is 0 Å². The summed E-state index contributed by atoms with van der Waals surface area (Å²) < 4.78 is 5.46. The largest absolute Gasteiger partial charge is 0.464 e. The quantitative estimate of drug-likeness (QED) is 0.575. The summed E-state index contributed by atoms with van der Waals surface area (Å²) in [5.41, 5.74) is 2.70. The van der Waals surface area contributed by atoms with Crippen LogP contribution >= 0.6 is 0 Å². The van der Waals surface area contributed by atoms with Crippen molar-refractivity contribution in [2.75, 3.05) is 5.43 Å². The van der Waals surface area contributed by atoms with Crippen LogP contribution in [0.5, 0.6) is 0 Å². The van der Waals surface area contributed by atoms with Gasteiger partial charge < -0.3 is 15.2 Å². The smallest absolute Gasteiger partial charge is 0.270 e. The van der Waals surface area contributed by atoms with E-state index in [9.17, 15) is 4.79 Å². The van der Waals surface area contributed by atoms with Gasteiger partial charge in [-0.25, -0.2) is 10.8 Å². The first-order valence-corrected chi connectivity index (χ1v) is 5.91. The van der Waals surface area contributed by atoms with Crippen LogP contribution < -0.4 is 16.6 Å². The molecule has 0 radical (unpaired) electrons. The fourth-order valence-electron chi connectivity index (χ4n) is 1.67. The molecule has 2 heterocycles. The molecule has 0 saturated heterocycles. The molecule has 0 saturated carbocycles. The van der Waals surface area contributed by atoms with E-state index >= 15 is 0 Å². The number of hydrazine groups is 1. The van der Waals surface area contributed by atoms with E-state index in [-0.39, 0.29) is 11.9 Å². The lowest BCUT2D eigenvalue weighted by Gasteiger charge is -2.11. The molecular formula is C13H16N4O2. The Balaban J connectivity index is 2.08. The van der Waals surface area contributed by atoms with Crippen molar-refractivity contribution in [1.29, 1.82) is 0 Å². The Kier molecular flexibility index (Phi) is 3.82. The lowest BCUT2D eigenvalue weighted by Crippen LogP contribution is -2.27. The van der Waals surface area contributed by atoms with Gasteiger partial charge in [0.15, 0.2) is 0 Å². The predicted octanol–water partition coefficient (Wildman–Crippen LogP) is 1.76. The summed E-state index contributed by atoms with van der Waals surface area (Å²) in [6, 6.07) is 8.48. The molecule has 6 nitrogen and oxygen atoms in total. The lowest BCUT2D eigenvalue weighted by atomic mass is 10.2. The zero-order valence-electron chi connectivity index (χ0n) is 10.8. The topological polar surface area (TPSA) is 93.2 Å². The molecule has 1 amide bonds. The van der Waals surface area contributed by atoms with Crippen molar-refractivity contribution in [3.8, 4) is 0 Å². The van der Waals surface area contributed by atoms with Gasteiger partial charge in [-0.3, -0.25) is 4.79 Å². The molecule has 19 heavy (non-hydrogen) atoms. The van der Waals surface area contributed by atoms with Gasteiger partial charge in [0.25, 0.3) is 5.91 Å². The molecule has 6 heteroatoms. The number of hydrogen-bond donors (Lipinski definition) is 3.